The predicted molar refractivity (Wildman–Crippen MR) is 69.9 cm³/mol. The number of aliphatic hydroxyl groups is 1. The summed E-state index contributed by atoms with van der Waals surface area (Å²) in [6.45, 7) is 5.28. The Morgan fingerprint density at radius 2 is 2.00 bits per heavy atom. The summed E-state index contributed by atoms with van der Waals surface area (Å²) in [5, 5.41) is 15.4. The highest BCUT2D eigenvalue weighted by molar-refractivity contribution is 5.82. The first-order chi connectivity index (χ1) is 7.76. The van der Waals surface area contributed by atoms with Gasteiger partial charge in [-0.25, -0.2) is 4.39 Å². The first-order valence-electron chi connectivity index (χ1n) is 5.49. The van der Waals surface area contributed by atoms with E-state index >= 15 is 0 Å². The van der Waals surface area contributed by atoms with E-state index in [1.54, 1.807) is 33.9 Å². The Hall–Kier alpha value is -1.49. The van der Waals surface area contributed by atoms with Crippen LogP contribution in [0.5, 0.6) is 0 Å². The van der Waals surface area contributed by atoms with E-state index in [0.29, 0.717) is 22.6 Å². The summed E-state index contributed by atoms with van der Waals surface area (Å²) in [6.07, 6.45) is 0. The normalized spacial score (nSPS) is 11.4. The summed E-state index contributed by atoms with van der Waals surface area (Å²) in [4.78, 5) is 0. The molecule has 0 saturated carbocycles. The molecular weight excluding hydrogens is 221 g/mol. The molecule has 0 amide bonds. The summed E-state index contributed by atoms with van der Waals surface area (Å²) in [7, 11) is 1.63. The van der Waals surface area contributed by atoms with Gasteiger partial charge in [0.25, 0.3) is 0 Å². The monoisotopic (exact) mass is 241 g/mol. The fourth-order valence-corrected chi connectivity index (χ4v) is 1.55. The van der Waals surface area contributed by atoms with Gasteiger partial charge in [-0.05, 0) is 32.4 Å². The third kappa shape index (κ3) is 3.23. The molecule has 5 heteroatoms. The Morgan fingerprint density at radius 1 is 1.41 bits per heavy atom. The van der Waals surface area contributed by atoms with Crippen LogP contribution < -0.4 is 16.4 Å². The van der Waals surface area contributed by atoms with Crippen molar-refractivity contribution < 1.29 is 9.50 Å². The van der Waals surface area contributed by atoms with Gasteiger partial charge >= 0.3 is 0 Å². The minimum Gasteiger partial charge on any atom is -0.397 e. The Bertz CT molecular complexity index is 413. The second-order valence-corrected chi connectivity index (χ2v) is 4.76. The van der Waals surface area contributed by atoms with Crippen LogP contribution in [0.1, 0.15) is 19.4 Å². The van der Waals surface area contributed by atoms with Gasteiger partial charge in [0.05, 0.1) is 22.7 Å². The number of hydrogen-bond acceptors (Lipinski definition) is 4. The molecule has 0 saturated heterocycles. The van der Waals surface area contributed by atoms with Gasteiger partial charge < -0.3 is 21.5 Å². The van der Waals surface area contributed by atoms with E-state index in [4.69, 9.17) is 5.73 Å². The lowest BCUT2D eigenvalue weighted by molar-refractivity contribution is 0.0945. The van der Waals surface area contributed by atoms with Gasteiger partial charge in [0.2, 0.25) is 0 Å². The summed E-state index contributed by atoms with van der Waals surface area (Å²) >= 11 is 0. The highest BCUT2D eigenvalue weighted by atomic mass is 19.1. The maximum absolute atomic E-state index is 13.8. The number of nitrogens with two attached hydrogens (primary N) is 1. The van der Waals surface area contributed by atoms with Crippen LogP contribution in [-0.4, -0.2) is 24.3 Å². The predicted octanol–water partition coefficient (Wildman–Crippen LogP) is 1.94. The molecule has 96 valence electrons. The highest BCUT2D eigenvalue weighted by Crippen LogP contribution is 2.33. The van der Waals surface area contributed by atoms with Gasteiger partial charge in [0.15, 0.2) is 5.82 Å². The minimum atomic E-state index is -0.890. The third-order valence-electron chi connectivity index (χ3n) is 2.42. The molecule has 0 aliphatic rings. The molecule has 1 rings (SSSR count). The van der Waals surface area contributed by atoms with Crippen molar-refractivity contribution in [3.05, 3.63) is 17.4 Å². The van der Waals surface area contributed by atoms with Crippen LogP contribution in [-0.2, 0) is 0 Å². The number of nitrogens with one attached hydrogen (secondary N) is 2. The fourth-order valence-electron chi connectivity index (χ4n) is 1.55. The number of rotatable bonds is 4. The largest absolute Gasteiger partial charge is 0.397 e. The van der Waals surface area contributed by atoms with Crippen molar-refractivity contribution in [3.8, 4) is 0 Å². The van der Waals surface area contributed by atoms with Gasteiger partial charge in [-0.2, -0.15) is 0 Å². The van der Waals surface area contributed by atoms with Crippen LogP contribution in [0.4, 0.5) is 21.5 Å². The molecule has 17 heavy (non-hydrogen) atoms. The zero-order valence-electron chi connectivity index (χ0n) is 10.7. The molecular formula is C12H20FN3O. The molecule has 0 aromatic heterocycles. The lowest BCUT2D eigenvalue weighted by Crippen LogP contribution is -2.30. The second kappa shape index (κ2) is 4.79. The average Bonchev–Trinajstić information content (AvgIpc) is 2.20. The summed E-state index contributed by atoms with van der Waals surface area (Å²) in [6, 6.07) is 1.57. The number of aryl methyl sites for hydroxylation is 1. The van der Waals surface area contributed by atoms with Crippen molar-refractivity contribution in [1.29, 1.82) is 0 Å². The topological polar surface area (TPSA) is 70.3 Å². The highest BCUT2D eigenvalue weighted by Gasteiger charge is 2.17. The van der Waals surface area contributed by atoms with Crippen LogP contribution in [0.15, 0.2) is 6.07 Å². The summed E-state index contributed by atoms with van der Waals surface area (Å²) in [5.41, 5.74) is 6.71. The Kier molecular flexibility index (Phi) is 3.83. The van der Waals surface area contributed by atoms with Gasteiger partial charge in [0.1, 0.15) is 0 Å². The molecule has 0 aliphatic heterocycles. The van der Waals surface area contributed by atoms with E-state index < -0.39 is 5.60 Å². The van der Waals surface area contributed by atoms with Crippen molar-refractivity contribution in [2.24, 2.45) is 0 Å². The van der Waals surface area contributed by atoms with E-state index in [1.807, 2.05) is 0 Å². The van der Waals surface area contributed by atoms with Gasteiger partial charge in [0, 0.05) is 13.6 Å². The van der Waals surface area contributed by atoms with Crippen molar-refractivity contribution in [2.75, 3.05) is 30.0 Å². The van der Waals surface area contributed by atoms with Gasteiger partial charge in [-0.1, -0.05) is 0 Å². The molecule has 0 radical (unpaired) electrons. The number of halogens is 1. The van der Waals surface area contributed by atoms with Crippen molar-refractivity contribution in [3.63, 3.8) is 0 Å². The third-order valence-corrected chi connectivity index (χ3v) is 2.42. The smallest absolute Gasteiger partial charge is 0.151 e. The second-order valence-electron chi connectivity index (χ2n) is 4.76. The van der Waals surface area contributed by atoms with E-state index in [2.05, 4.69) is 10.6 Å². The first kappa shape index (κ1) is 13.6. The minimum absolute atomic E-state index is 0.286. The molecule has 0 bridgehead atoms. The molecule has 0 unspecified atom stereocenters. The average molecular weight is 241 g/mol. The molecule has 0 aliphatic carbocycles. The summed E-state index contributed by atoms with van der Waals surface area (Å²) in [5.74, 6) is -0.333. The first-order valence-corrected chi connectivity index (χ1v) is 5.49. The lowest BCUT2D eigenvalue weighted by Gasteiger charge is -2.22. The van der Waals surface area contributed by atoms with Crippen molar-refractivity contribution in [2.45, 2.75) is 26.4 Å². The Balaban J connectivity index is 3.10. The standard InChI is InChI=1S/C12H20FN3O/c1-7-5-8(14)10(11(15-4)9(7)13)16-6-12(2,3)17/h5,15-17H,6,14H2,1-4H3. The number of hydrogen-bond donors (Lipinski definition) is 4. The molecule has 1 aromatic carbocycles. The van der Waals surface area contributed by atoms with Crippen molar-refractivity contribution >= 4 is 17.1 Å². The Labute approximate surface area is 101 Å². The van der Waals surface area contributed by atoms with E-state index in [0.717, 1.165) is 0 Å². The zero-order valence-corrected chi connectivity index (χ0v) is 10.7. The lowest BCUT2D eigenvalue weighted by atomic mass is 10.1. The van der Waals surface area contributed by atoms with Crippen LogP contribution in [0.25, 0.3) is 0 Å². The van der Waals surface area contributed by atoms with Crippen LogP contribution in [0.3, 0.4) is 0 Å². The molecule has 0 atom stereocenters. The Morgan fingerprint density at radius 3 is 2.47 bits per heavy atom. The molecule has 1 aromatic rings. The SMILES string of the molecule is CNc1c(F)c(C)cc(N)c1NCC(C)(C)O. The molecule has 0 heterocycles. The quantitative estimate of drug-likeness (QED) is 0.608. The van der Waals surface area contributed by atoms with Crippen LogP contribution in [0, 0.1) is 12.7 Å². The number of anilines is 3. The molecule has 0 spiro atoms. The summed E-state index contributed by atoms with van der Waals surface area (Å²) < 4.78 is 13.8. The van der Waals surface area contributed by atoms with E-state index in [-0.39, 0.29) is 12.4 Å². The molecule has 0 fully saturated rings. The van der Waals surface area contributed by atoms with Crippen LogP contribution >= 0.6 is 0 Å². The van der Waals surface area contributed by atoms with Crippen LogP contribution in [0.2, 0.25) is 0 Å². The maximum Gasteiger partial charge on any atom is 0.151 e. The molecule has 5 N–H and O–H groups in total. The molecule has 4 nitrogen and oxygen atoms in total. The maximum atomic E-state index is 13.8. The number of nitrogen functional groups attached to an aromatic ring is 1. The zero-order chi connectivity index (χ0) is 13.2. The van der Waals surface area contributed by atoms with E-state index in [9.17, 15) is 9.50 Å². The van der Waals surface area contributed by atoms with E-state index in [1.165, 1.54) is 0 Å². The fraction of sp³-hybridized carbons (Fsp3) is 0.500. The van der Waals surface area contributed by atoms with Gasteiger partial charge in [-0.3, -0.25) is 0 Å². The van der Waals surface area contributed by atoms with Crippen molar-refractivity contribution in [1.82, 2.24) is 0 Å². The number of benzene rings is 1. The van der Waals surface area contributed by atoms with Gasteiger partial charge in [-0.15, -0.1) is 0 Å².